The van der Waals surface area contributed by atoms with E-state index in [1.54, 1.807) is 31.2 Å². The van der Waals surface area contributed by atoms with Crippen molar-refractivity contribution in [2.75, 3.05) is 25.0 Å². The summed E-state index contributed by atoms with van der Waals surface area (Å²) in [5.74, 6) is -0.960. The number of carbonyl (C=O) groups is 3. The fraction of sp³-hybridized carbons (Fsp3) is 0.500. The van der Waals surface area contributed by atoms with Gasteiger partial charge in [-0.25, -0.2) is 4.79 Å². The molecule has 0 unspecified atom stereocenters. The van der Waals surface area contributed by atoms with Crippen LogP contribution in [-0.4, -0.2) is 42.4 Å². The first-order chi connectivity index (χ1) is 11.5. The lowest BCUT2D eigenvalue weighted by Gasteiger charge is -2.20. The molecule has 0 saturated heterocycles. The van der Waals surface area contributed by atoms with E-state index >= 15 is 0 Å². The summed E-state index contributed by atoms with van der Waals surface area (Å²) in [5.41, 5.74) is 0.686. The molecular weight excluding hydrogens is 308 g/mol. The van der Waals surface area contributed by atoms with Gasteiger partial charge in [-0.1, -0.05) is 31.9 Å². The highest BCUT2D eigenvalue weighted by atomic mass is 16.5. The summed E-state index contributed by atoms with van der Waals surface area (Å²) < 4.78 is 4.98. The molecule has 0 spiro atoms. The van der Waals surface area contributed by atoms with Gasteiger partial charge in [0.25, 0.3) is 0 Å². The number of hydrogen-bond donors (Lipinski definition) is 1. The minimum absolute atomic E-state index is 0.0315. The Morgan fingerprint density at radius 2 is 1.83 bits per heavy atom. The van der Waals surface area contributed by atoms with Crippen molar-refractivity contribution in [3.8, 4) is 0 Å². The van der Waals surface area contributed by atoms with E-state index in [1.807, 2.05) is 0 Å². The first-order valence-corrected chi connectivity index (χ1v) is 8.31. The van der Waals surface area contributed by atoms with Crippen LogP contribution in [0, 0.1) is 0 Å². The third-order valence-corrected chi connectivity index (χ3v) is 3.51. The van der Waals surface area contributed by atoms with Gasteiger partial charge in [0.1, 0.15) is 0 Å². The van der Waals surface area contributed by atoms with Crippen molar-refractivity contribution in [1.82, 2.24) is 4.90 Å². The molecule has 2 amide bonds. The standard InChI is InChI=1S/C18H26N2O4/c1-4-6-9-12-20(14(3)21)13-17(22)19-16-11-8-7-10-15(16)18(23)24-5-2/h7-8,10-11H,4-6,9,12-13H2,1-3H3,(H,19,22). The molecule has 0 radical (unpaired) electrons. The number of nitrogens with one attached hydrogen (secondary N) is 1. The van der Waals surface area contributed by atoms with Crippen LogP contribution in [0.5, 0.6) is 0 Å². The number of carbonyl (C=O) groups excluding carboxylic acids is 3. The molecule has 0 aromatic heterocycles. The Kier molecular flexibility index (Phi) is 8.54. The molecule has 0 aliphatic carbocycles. The van der Waals surface area contributed by atoms with E-state index in [2.05, 4.69) is 12.2 Å². The largest absolute Gasteiger partial charge is 0.462 e. The maximum absolute atomic E-state index is 12.2. The van der Waals surface area contributed by atoms with Gasteiger partial charge >= 0.3 is 5.97 Å². The Bertz CT molecular complexity index is 572. The van der Waals surface area contributed by atoms with Crippen molar-refractivity contribution in [3.05, 3.63) is 29.8 Å². The van der Waals surface area contributed by atoms with E-state index in [4.69, 9.17) is 4.74 Å². The second kappa shape index (κ2) is 10.4. The van der Waals surface area contributed by atoms with Gasteiger partial charge in [-0.3, -0.25) is 9.59 Å². The van der Waals surface area contributed by atoms with Crippen molar-refractivity contribution in [2.45, 2.75) is 40.0 Å². The average Bonchev–Trinajstić information content (AvgIpc) is 2.54. The summed E-state index contributed by atoms with van der Waals surface area (Å²) >= 11 is 0. The number of rotatable bonds is 9. The van der Waals surface area contributed by atoms with Gasteiger partial charge in [0.05, 0.1) is 24.4 Å². The van der Waals surface area contributed by atoms with Crippen LogP contribution in [0.1, 0.15) is 50.4 Å². The van der Waals surface area contributed by atoms with Crippen molar-refractivity contribution in [2.24, 2.45) is 0 Å². The van der Waals surface area contributed by atoms with Gasteiger partial charge in [0, 0.05) is 13.5 Å². The number of para-hydroxylation sites is 1. The maximum Gasteiger partial charge on any atom is 0.340 e. The highest BCUT2D eigenvalue weighted by Crippen LogP contribution is 2.16. The SMILES string of the molecule is CCCCCN(CC(=O)Nc1ccccc1C(=O)OCC)C(C)=O. The summed E-state index contributed by atoms with van der Waals surface area (Å²) in [4.78, 5) is 37.3. The molecule has 1 N–H and O–H groups in total. The molecule has 1 aromatic carbocycles. The molecule has 0 atom stereocenters. The monoisotopic (exact) mass is 334 g/mol. The molecule has 1 aromatic rings. The van der Waals surface area contributed by atoms with Crippen molar-refractivity contribution in [1.29, 1.82) is 0 Å². The molecule has 0 aliphatic heterocycles. The van der Waals surface area contributed by atoms with E-state index in [0.717, 1.165) is 19.3 Å². The maximum atomic E-state index is 12.2. The lowest BCUT2D eigenvalue weighted by Crippen LogP contribution is -2.37. The first-order valence-electron chi connectivity index (χ1n) is 8.31. The summed E-state index contributed by atoms with van der Waals surface area (Å²) in [6.45, 7) is 6.03. The molecule has 1 rings (SSSR count). The quantitative estimate of drug-likeness (QED) is 0.556. The molecule has 0 fully saturated rings. The number of esters is 1. The van der Waals surface area contributed by atoms with Crippen LogP contribution < -0.4 is 5.32 Å². The highest BCUT2D eigenvalue weighted by molar-refractivity contribution is 6.02. The third kappa shape index (κ3) is 6.40. The number of ether oxygens (including phenoxy) is 1. The van der Waals surface area contributed by atoms with Gasteiger partial charge in [0.15, 0.2) is 0 Å². The van der Waals surface area contributed by atoms with E-state index in [9.17, 15) is 14.4 Å². The number of amides is 2. The van der Waals surface area contributed by atoms with Crippen LogP contribution >= 0.6 is 0 Å². The highest BCUT2D eigenvalue weighted by Gasteiger charge is 2.17. The second-order valence-corrected chi connectivity index (χ2v) is 5.46. The number of nitrogens with zero attached hydrogens (tertiary/aromatic N) is 1. The zero-order valence-corrected chi connectivity index (χ0v) is 14.6. The zero-order valence-electron chi connectivity index (χ0n) is 14.6. The molecule has 24 heavy (non-hydrogen) atoms. The predicted octanol–water partition coefficient (Wildman–Crippen LogP) is 2.84. The number of unbranched alkanes of at least 4 members (excludes halogenated alkanes) is 2. The Hall–Kier alpha value is -2.37. The van der Waals surface area contributed by atoms with E-state index in [-0.39, 0.29) is 25.0 Å². The Morgan fingerprint density at radius 3 is 2.46 bits per heavy atom. The molecular formula is C18H26N2O4. The zero-order chi connectivity index (χ0) is 17.9. The Morgan fingerprint density at radius 1 is 1.12 bits per heavy atom. The summed E-state index contributed by atoms with van der Waals surface area (Å²) in [6.07, 6.45) is 2.92. The summed E-state index contributed by atoms with van der Waals surface area (Å²) in [7, 11) is 0. The lowest BCUT2D eigenvalue weighted by molar-refractivity contribution is -0.132. The molecule has 0 saturated carbocycles. The van der Waals surface area contributed by atoms with Crippen LogP contribution in [0.3, 0.4) is 0 Å². The summed E-state index contributed by atoms with van der Waals surface area (Å²) in [6, 6.07) is 6.66. The second-order valence-electron chi connectivity index (χ2n) is 5.46. The Labute approximate surface area is 143 Å². The first kappa shape index (κ1) is 19.7. The average molecular weight is 334 g/mol. The molecule has 132 valence electrons. The van der Waals surface area contributed by atoms with E-state index in [0.29, 0.717) is 17.8 Å². The van der Waals surface area contributed by atoms with E-state index in [1.165, 1.54) is 11.8 Å². The number of hydrogen-bond acceptors (Lipinski definition) is 4. The van der Waals surface area contributed by atoms with E-state index < -0.39 is 5.97 Å². The van der Waals surface area contributed by atoms with Crippen molar-refractivity contribution < 1.29 is 19.1 Å². The minimum atomic E-state index is -0.486. The summed E-state index contributed by atoms with van der Waals surface area (Å²) in [5, 5.41) is 2.69. The lowest BCUT2D eigenvalue weighted by atomic mass is 10.1. The topological polar surface area (TPSA) is 75.7 Å². The molecule has 0 heterocycles. The van der Waals surface area contributed by atoms with Gasteiger partial charge in [-0.2, -0.15) is 0 Å². The fourth-order valence-corrected chi connectivity index (χ4v) is 2.24. The number of benzene rings is 1. The smallest absolute Gasteiger partial charge is 0.340 e. The van der Waals surface area contributed by atoms with Gasteiger partial charge in [-0.05, 0) is 25.5 Å². The normalized spacial score (nSPS) is 10.1. The Balaban J connectivity index is 2.73. The van der Waals surface area contributed by atoms with Crippen LogP contribution in [0.15, 0.2) is 24.3 Å². The van der Waals surface area contributed by atoms with Gasteiger partial charge in [0.2, 0.25) is 11.8 Å². The molecule has 6 nitrogen and oxygen atoms in total. The van der Waals surface area contributed by atoms with Crippen molar-refractivity contribution >= 4 is 23.5 Å². The third-order valence-electron chi connectivity index (χ3n) is 3.51. The number of anilines is 1. The van der Waals surface area contributed by atoms with Gasteiger partial charge < -0.3 is 15.0 Å². The van der Waals surface area contributed by atoms with Crippen LogP contribution in [-0.2, 0) is 14.3 Å². The fourth-order valence-electron chi connectivity index (χ4n) is 2.24. The van der Waals surface area contributed by atoms with Gasteiger partial charge in [-0.15, -0.1) is 0 Å². The molecule has 6 heteroatoms. The van der Waals surface area contributed by atoms with Crippen LogP contribution in [0.2, 0.25) is 0 Å². The van der Waals surface area contributed by atoms with Crippen LogP contribution in [0.4, 0.5) is 5.69 Å². The van der Waals surface area contributed by atoms with Crippen LogP contribution in [0.25, 0.3) is 0 Å². The van der Waals surface area contributed by atoms with Crippen molar-refractivity contribution in [3.63, 3.8) is 0 Å². The predicted molar refractivity (Wildman–Crippen MR) is 92.8 cm³/mol. The molecule has 0 aliphatic rings. The minimum Gasteiger partial charge on any atom is -0.462 e. The molecule has 0 bridgehead atoms.